The van der Waals surface area contributed by atoms with Crippen molar-refractivity contribution >= 4 is 0 Å². The Labute approximate surface area is 182 Å². The van der Waals surface area contributed by atoms with Crippen LogP contribution in [0.3, 0.4) is 0 Å². The summed E-state index contributed by atoms with van der Waals surface area (Å²) in [5.74, 6) is -2.19. The Morgan fingerprint density at radius 3 is 2.04 bits per heavy atom. The Morgan fingerprint density at radius 2 is 1.39 bits per heavy atom. The van der Waals surface area contributed by atoms with Crippen molar-refractivity contribution in [2.24, 2.45) is 0 Å². The van der Waals surface area contributed by atoms with Crippen LogP contribution in [0.4, 0.5) is 13.2 Å². The summed E-state index contributed by atoms with van der Waals surface area (Å²) in [4.78, 5) is 0. The molecule has 0 N–H and O–H groups in total. The molecule has 110 valence electrons. The van der Waals surface area contributed by atoms with Crippen molar-refractivity contribution in [3.63, 3.8) is 0 Å². The van der Waals surface area contributed by atoms with Gasteiger partial charge in [-0.2, -0.15) is 12.1 Å². The molecule has 3 aromatic rings. The summed E-state index contributed by atoms with van der Waals surface area (Å²) in [7, 11) is 0. The predicted octanol–water partition coefficient (Wildman–Crippen LogP) is 2.55. The van der Waals surface area contributed by atoms with Crippen LogP contribution in [0.2, 0.25) is 0 Å². The van der Waals surface area contributed by atoms with E-state index in [1.165, 1.54) is 18.2 Å². The second-order valence-corrected chi connectivity index (χ2v) is 5.06. The largest absolute Gasteiger partial charge is 1.00 e. The summed E-state index contributed by atoms with van der Waals surface area (Å²) in [6.45, 7) is 1.70. The minimum atomic E-state index is -0.998. The quantitative estimate of drug-likeness (QED) is 0.598. The zero-order valence-corrected chi connectivity index (χ0v) is 17.7. The van der Waals surface area contributed by atoms with Gasteiger partial charge in [-0.3, -0.25) is 4.39 Å². The van der Waals surface area contributed by atoms with Crippen molar-refractivity contribution < 1.29 is 71.4 Å². The van der Waals surface area contributed by atoms with Crippen LogP contribution in [0.5, 0.6) is 0 Å². The average molecular weight is 383 g/mol. The van der Waals surface area contributed by atoms with E-state index in [4.69, 9.17) is 0 Å². The molecular weight excluding hydrogens is 371 g/mol. The number of halogens is 3. The van der Waals surface area contributed by atoms with Crippen LogP contribution in [-0.4, -0.2) is 0 Å². The minimum Gasteiger partial charge on any atom is -0.281 e. The van der Waals surface area contributed by atoms with Gasteiger partial charge >= 0.3 is 58.2 Å². The maximum atomic E-state index is 13.8. The monoisotopic (exact) mass is 382 g/mol. The molecule has 0 radical (unpaired) electrons. The van der Waals surface area contributed by atoms with Gasteiger partial charge in [0.1, 0.15) is 5.82 Å². The first kappa shape index (κ1) is 18.6. The summed E-state index contributed by atoms with van der Waals surface area (Å²) in [6.07, 6.45) is 0. The molecule has 0 heterocycles. The van der Waals surface area contributed by atoms with Gasteiger partial charge in [-0.05, 0) is 35.2 Å². The molecule has 0 aromatic heterocycles. The standard InChI is InChI=1S/C19H12F3.Rb/c1-12-5-6-15(11-18(12)21)13-7-9-14(10-8-13)16-3-2-4-17(20)19(16)22;/h2-3,5-11H,1H3;/q-1;+1. The molecule has 4 heteroatoms. The number of aryl methyl sites for hydroxylation is 1. The first-order chi connectivity index (χ1) is 10.6. The van der Waals surface area contributed by atoms with Gasteiger partial charge in [-0.15, -0.1) is 6.07 Å². The molecule has 0 nitrogen and oxygen atoms in total. The van der Waals surface area contributed by atoms with E-state index in [-0.39, 0.29) is 69.6 Å². The number of hydrogen-bond acceptors (Lipinski definition) is 0. The van der Waals surface area contributed by atoms with Crippen molar-refractivity contribution in [1.82, 2.24) is 0 Å². The van der Waals surface area contributed by atoms with Gasteiger partial charge in [0.25, 0.3) is 0 Å². The Balaban J connectivity index is 0.00000192. The molecule has 0 bridgehead atoms. The summed E-state index contributed by atoms with van der Waals surface area (Å²) < 4.78 is 40.6. The van der Waals surface area contributed by atoms with Crippen LogP contribution in [0.25, 0.3) is 22.3 Å². The third kappa shape index (κ3) is 4.02. The van der Waals surface area contributed by atoms with Gasteiger partial charge in [0.15, 0.2) is 0 Å². The summed E-state index contributed by atoms with van der Waals surface area (Å²) in [5, 5.41) is 0. The average Bonchev–Trinajstić information content (AvgIpc) is 2.53. The van der Waals surface area contributed by atoms with E-state index in [9.17, 15) is 13.2 Å². The molecule has 0 fully saturated rings. The normalized spacial score (nSPS) is 10.3. The van der Waals surface area contributed by atoms with Crippen LogP contribution in [0, 0.1) is 30.4 Å². The predicted molar refractivity (Wildman–Crippen MR) is 80.8 cm³/mol. The first-order valence-corrected chi connectivity index (χ1v) is 6.79. The van der Waals surface area contributed by atoms with Gasteiger partial charge in [-0.1, -0.05) is 42.0 Å². The molecule has 0 aliphatic rings. The van der Waals surface area contributed by atoms with Gasteiger partial charge < -0.3 is 0 Å². The Kier molecular flexibility index (Phi) is 6.37. The van der Waals surface area contributed by atoms with Crippen LogP contribution in [0.15, 0.2) is 54.6 Å². The van der Waals surface area contributed by atoms with Crippen LogP contribution < -0.4 is 58.2 Å². The maximum absolute atomic E-state index is 13.8. The van der Waals surface area contributed by atoms with Gasteiger partial charge in [0.2, 0.25) is 0 Å². The maximum Gasteiger partial charge on any atom is 1.00 e. The van der Waals surface area contributed by atoms with Crippen molar-refractivity contribution in [2.45, 2.75) is 6.92 Å². The second-order valence-electron chi connectivity index (χ2n) is 5.06. The molecule has 3 rings (SSSR count). The third-order valence-electron chi connectivity index (χ3n) is 3.59. The fourth-order valence-electron chi connectivity index (χ4n) is 2.29. The molecule has 0 spiro atoms. The van der Waals surface area contributed by atoms with Crippen molar-refractivity contribution in [3.8, 4) is 22.3 Å². The molecular formula is C19H12F3Rb. The Bertz CT molecular complexity index is 827. The number of benzene rings is 3. The van der Waals surface area contributed by atoms with E-state index < -0.39 is 11.6 Å². The fourth-order valence-corrected chi connectivity index (χ4v) is 2.29. The van der Waals surface area contributed by atoms with E-state index in [0.29, 0.717) is 11.1 Å². The van der Waals surface area contributed by atoms with E-state index in [1.54, 1.807) is 37.3 Å². The number of rotatable bonds is 2. The molecule has 0 atom stereocenters. The van der Waals surface area contributed by atoms with Gasteiger partial charge in [-0.25, -0.2) is 8.78 Å². The van der Waals surface area contributed by atoms with Crippen molar-refractivity contribution in [1.29, 1.82) is 0 Å². The van der Waals surface area contributed by atoms with E-state index >= 15 is 0 Å². The molecule has 0 aliphatic carbocycles. The summed E-state index contributed by atoms with van der Waals surface area (Å²) >= 11 is 0. The Hall–Kier alpha value is -0.745. The van der Waals surface area contributed by atoms with Gasteiger partial charge in [0.05, 0.1) is 5.82 Å². The summed E-state index contributed by atoms with van der Waals surface area (Å²) in [6, 6.07) is 16.9. The van der Waals surface area contributed by atoms with Gasteiger partial charge in [0, 0.05) is 5.82 Å². The fraction of sp³-hybridized carbons (Fsp3) is 0.0526. The van der Waals surface area contributed by atoms with Crippen LogP contribution in [0.1, 0.15) is 5.56 Å². The second kappa shape index (κ2) is 7.89. The molecule has 0 saturated carbocycles. The minimum absolute atomic E-state index is 0. The molecule has 0 aliphatic heterocycles. The molecule has 23 heavy (non-hydrogen) atoms. The third-order valence-corrected chi connectivity index (χ3v) is 3.59. The smallest absolute Gasteiger partial charge is 0.281 e. The summed E-state index contributed by atoms with van der Waals surface area (Å²) in [5.41, 5.74) is 2.87. The zero-order valence-electron chi connectivity index (χ0n) is 12.8. The van der Waals surface area contributed by atoms with Crippen LogP contribution >= 0.6 is 0 Å². The van der Waals surface area contributed by atoms with Crippen molar-refractivity contribution in [2.75, 3.05) is 0 Å². The topological polar surface area (TPSA) is 0 Å². The van der Waals surface area contributed by atoms with E-state index in [1.807, 2.05) is 6.07 Å². The molecule has 0 saturated heterocycles. The number of hydrogen-bond donors (Lipinski definition) is 0. The van der Waals surface area contributed by atoms with Crippen molar-refractivity contribution in [3.05, 3.63) is 83.7 Å². The zero-order chi connectivity index (χ0) is 15.7. The van der Waals surface area contributed by atoms with E-state index in [0.717, 1.165) is 11.1 Å². The first-order valence-electron chi connectivity index (χ1n) is 6.79. The molecule has 0 amide bonds. The Morgan fingerprint density at radius 1 is 0.783 bits per heavy atom. The van der Waals surface area contributed by atoms with Crippen LogP contribution in [-0.2, 0) is 0 Å². The molecule has 3 aromatic carbocycles. The SMILES string of the molecule is Cc1ccc(-c2ccc(-c3cc[c-]c(F)c3F)cc2)cc1F.[Rb+]. The molecule has 0 unspecified atom stereocenters. The van der Waals surface area contributed by atoms with E-state index in [2.05, 4.69) is 6.07 Å².